The molecule has 1 fully saturated rings. The molecule has 0 amide bonds. The molecule has 0 aliphatic carbocycles. The van der Waals surface area contributed by atoms with Crippen molar-refractivity contribution in [3.05, 3.63) is 35.4 Å². The molecule has 0 radical (unpaired) electrons. The molecule has 2 rings (SSSR count). The van der Waals surface area contributed by atoms with Crippen LogP contribution in [-0.2, 0) is 17.8 Å². The molecular weight excluding hydrogens is 188 g/mol. The molecule has 2 heteroatoms. The van der Waals surface area contributed by atoms with Crippen LogP contribution in [0.4, 0.5) is 0 Å². The molecule has 15 heavy (non-hydrogen) atoms. The van der Waals surface area contributed by atoms with Crippen LogP contribution in [-0.4, -0.2) is 17.8 Å². The Morgan fingerprint density at radius 2 is 1.93 bits per heavy atom. The summed E-state index contributed by atoms with van der Waals surface area (Å²) in [5.74, 6) is 0. The summed E-state index contributed by atoms with van der Waals surface area (Å²) >= 11 is 0. The first-order valence-electron chi connectivity index (χ1n) is 5.69. The number of ether oxygens (including phenoxy) is 1. The fourth-order valence-electron chi connectivity index (χ4n) is 2.01. The Morgan fingerprint density at radius 1 is 1.20 bits per heavy atom. The summed E-state index contributed by atoms with van der Waals surface area (Å²) in [6.07, 6.45) is 5.11. The van der Waals surface area contributed by atoms with Gasteiger partial charge in [-0.05, 0) is 36.8 Å². The standard InChI is InChI=1S/C13H18O2/c14-10-12-5-3-11(4-6-12)7-8-13-2-1-9-15-13/h3-6,13-14H,1-2,7-10H2. The van der Waals surface area contributed by atoms with Gasteiger partial charge in [0.15, 0.2) is 0 Å². The molecule has 1 saturated heterocycles. The van der Waals surface area contributed by atoms with Crippen LogP contribution in [0.2, 0.25) is 0 Å². The molecule has 0 aromatic heterocycles. The first-order chi connectivity index (χ1) is 7.38. The van der Waals surface area contributed by atoms with E-state index in [0.29, 0.717) is 6.10 Å². The second-order valence-corrected chi connectivity index (χ2v) is 4.15. The van der Waals surface area contributed by atoms with E-state index < -0.39 is 0 Å². The van der Waals surface area contributed by atoms with E-state index in [0.717, 1.165) is 25.0 Å². The van der Waals surface area contributed by atoms with Gasteiger partial charge in [0.05, 0.1) is 12.7 Å². The number of rotatable bonds is 4. The second kappa shape index (κ2) is 5.29. The first kappa shape index (κ1) is 10.7. The minimum absolute atomic E-state index is 0.131. The van der Waals surface area contributed by atoms with Gasteiger partial charge < -0.3 is 9.84 Å². The lowest BCUT2D eigenvalue weighted by Gasteiger charge is -2.08. The van der Waals surface area contributed by atoms with Crippen molar-refractivity contribution in [2.45, 2.75) is 38.4 Å². The number of benzene rings is 1. The van der Waals surface area contributed by atoms with Crippen molar-refractivity contribution in [1.29, 1.82) is 0 Å². The molecule has 1 atom stereocenters. The van der Waals surface area contributed by atoms with Crippen LogP contribution in [0.5, 0.6) is 0 Å². The summed E-state index contributed by atoms with van der Waals surface area (Å²) in [5, 5.41) is 8.91. The predicted octanol–water partition coefficient (Wildman–Crippen LogP) is 2.29. The third kappa shape index (κ3) is 3.05. The van der Waals surface area contributed by atoms with E-state index in [-0.39, 0.29) is 6.61 Å². The summed E-state index contributed by atoms with van der Waals surface area (Å²) in [7, 11) is 0. The fourth-order valence-corrected chi connectivity index (χ4v) is 2.01. The monoisotopic (exact) mass is 206 g/mol. The van der Waals surface area contributed by atoms with Crippen LogP contribution < -0.4 is 0 Å². The van der Waals surface area contributed by atoms with Gasteiger partial charge in [-0.1, -0.05) is 24.3 Å². The lowest BCUT2D eigenvalue weighted by atomic mass is 10.0. The van der Waals surface area contributed by atoms with Crippen molar-refractivity contribution in [2.24, 2.45) is 0 Å². The van der Waals surface area contributed by atoms with E-state index in [1.54, 1.807) is 0 Å². The predicted molar refractivity (Wildman–Crippen MR) is 59.7 cm³/mol. The highest BCUT2D eigenvalue weighted by atomic mass is 16.5. The molecule has 1 aromatic carbocycles. The van der Waals surface area contributed by atoms with Gasteiger partial charge in [-0.15, -0.1) is 0 Å². The number of aliphatic hydroxyl groups excluding tert-OH is 1. The van der Waals surface area contributed by atoms with E-state index in [2.05, 4.69) is 12.1 Å². The molecule has 1 heterocycles. The third-order valence-electron chi connectivity index (χ3n) is 2.98. The maximum Gasteiger partial charge on any atom is 0.0681 e. The van der Waals surface area contributed by atoms with Gasteiger partial charge in [0.1, 0.15) is 0 Å². The SMILES string of the molecule is OCc1ccc(CCC2CCCO2)cc1. The lowest BCUT2D eigenvalue weighted by molar-refractivity contribution is 0.104. The normalized spacial score (nSPS) is 20.7. The van der Waals surface area contributed by atoms with Crippen LogP contribution in [0.3, 0.4) is 0 Å². The molecule has 1 unspecified atom stereocenters. The Bertz CT molecular complexity index is 286. The van der Waals surface area contributed by atoms with E-state index in [9.17, 15) is 0 Å². The smallest absolute Gasteiger partial charge is 0.0681 e. The lowest BCUT2D eigenvalue weighted by Crippen LogP contribution is -2.06. The number of aryl methyl sites for hydroxylation is 1. The van der Waals surface area contributed by atoms with Crippen LogP contribution in [0.1, 0.15) is 30.4 Å². The molecule has 1 N–H and O–H groups in total. The number of hydrogen-bond acceptors (Lipinski definition) is 2. The van der Waals surface area contributed by atoms with E-state index in [1.807, 2.05) is 12.1 Å². The summed E-state index contributed by atoms with van der Waals surface area (Å²) in [6.45, 7) is 1.07. The topological polar surface area (TPSA) is 29.5 Å². The average molecular weight is 206 g/mol. The number of aliphatic hydroxyl groups is 1. The van der Waals surface area contributed by atoms with Gasteiger partial charge in [0.25, 0.3) is 0 Å². The minimum Gasteiger partial charge on any atom is -0.392 e. The van der Waals surface area contributed by atoms with E-state index in [1.165, 1.54) is 18.4 Å². The van der Waals surface area contributed by atoms with E-state index >= 15 is 0 Å². The average Bonchev–Trinajstić information content (AvgIpc) is 2.80. The Labute approximate surface area is 90.9 Å². The largest absolute Gasteiger partial charge is 0.392 e. The van der Waals surface area contributed by atoms with Crippen LogP contribution >= 0.6 is 0 Å². The molecular formula is C13H18O2. The quantitative estimate of drug-likeness (QED) is 0.819. The second-order valence-electron chi connectivity index (χ2n) is 4.15. The van der Waals surface area contributed by atoms with Crippen molar-refractivity contribution in [3.63, 3.8) is 0 Å². The van der Waals surface area contributed by atoms with Crippen molar-refractivity contribution in [3.8, 4) is 0 Å². The Hall–Kier alpha value is -0.860. The molecule has 0 spiro atoms. The fraction of sp³-hybridized carbons (Fsp3) is 0.538. The highest BCUT2D eigenvalue weighted by molar-refractivity contribution is 5.22. The first-order valence-corrected chi connectivity index (χ1v) is 5.69. The Balaban J connectivity index is 1.82. The zero-order chi connectivity index (χ0) is 10.5. The molecule has 0 saturated carbocycles. The van der Waals surface area contributed by atoms with Crippen molar-refractivity contribution < 1.29 is 9.84 Å². The van der Waals surface area contributed by atoms with Crippen molar-refractivity contribution >= 4 is 0 Å². The Kier molecular flexibility index (Phi) is 3.75. The summed E-state index contributed by atoms with van der Waals surface area (Å²) in [4.78, 5) is 0. The van der Waals surface area contributed by atoms with Gasteiger partial charge >= 0.3 is 0 Å². The summed E-state index contributed by atoms with van der Waals surface area (Å²) in [5.41, 5.74) is 2.32. The highest BCUT2D eigenvalue weighted by Crippen LogP contribution is 2.17. The van der Waals surface area contributed by atoms with Crippen LogP contribution in [0.25, 0.3) is 0 Å². The third-order valence-corrected chi connectivity index (χ3v) is 2.98. The van der Waals surface area contributed by atoms with Crippen molar-refractivity contribution in [2.75, 3.05) is 6.61 Å². The van der Waals surface area contributed by atoms with Gasteiger partial charge in [0, 0.05) is 6.61 Å². The molecule has 82 valence electrons. The molecule has 0 bridgehead atoms. The zero-order valence-corrected chi connectivity index (χ0v) is 8.98. The zero-order valence-electron chi connectivity index (χ0n) is 8.98. The van der Waals surface area contributed by atoms with Gasteiger partial charge in [-0.2, -0.15) is 0 Å². The van der Waals surface area contributed by atoms with E-state index in [4.69, 9.17) is 9.84 Å². The molecule has 1 aliphatic heterocycles. The van der Waals surface area contributed by atoms with Crippen LogP contribution in [0, 0.1) is 0 Å². The van der Waals surface area contributed by atoms with Gasteiger partial charge in [-0.3, -0.25) is 0 Å². The molecule has 2 nitrogen and oxygen atoms in total. The van der Waals surface area contributed by atoms with Gasteiger partial charge in [0.2, 0.25) is 0 Å². The summed E-state index contributed by atoms with van der Waals surface area (Å²) in [6, 6.07) is 8.18. The highest BCUT2D eigenvalue weighted by Gasteiger charge is 2.14. The summed E-state index contributed by atoms with van der Waals surface area (Å²) < 4.78 is 5.58. The molecule has 1 aromatic rings. The maximum atomic E-state index is 8.91. The molecule has 1 aliphatic rings. The van der Waals surface area contributed by atoms with Gasteiger partial charge in [-0.25, -0.2) is 0 Å². The minimum atomic E-state index is 0.131. The van der Waals surface area contributed by atoms with Crippen molar-refractivity contribution in [1.82, 2.24) is 0 Å². The Morgan fingerprint density at radius 3 is 2.53 bits per heavy atom. The van der Waals surface area contributed by atoms with Crippen LogP contribution in [0.15, 0.2) is 24.3 Å². The maximum absolute atomic E-state index is 8.91. The number of hydrogen-bond donors (Lipinski definition) is 1.